The normalized spacial score (nSPS) is 17.1. The molecule has 3 aromatic rings. The molecule has 7 heteroatoms. The summed E-state index contributed by atoms with van der Waals surface area (Å²) in [6, 6.07) is 10.3. The molecule has 0 unspecified atom stereocenters. The van der Waals surface area contributed by atoms with Crippen LogP contribution < -0.4 is 4.74 Å². The molecular formula is C18H20N4O3. The monoisotopic (exact) mass is 340 g/mol. The van der Waals surface area contributed by atoms with E-state index in [1.54, 1.807) is 6.92 Å². The number of aromatic nitrogens is 4. The molecule has 1 aliphatic rings. The van der Waals surface area contributed by atoms with E-state index >= 15 is 0 Å². The smallest absolute Gasteiger partial charge is 0.278 e. The van der Waals surface area contributed by atoms with Gasteiger partial charge in [-0.1, -0.05) is 35.5 Å². The van der Waals surface area contributed by atoms with Crippen LogP contribution in [0.1, 0.15) is 23.7 Å². The quantitative estimate of drug-likeness (QED) is 0.687. The van der Waals surface area contributed by atoms with Gasteiger partial charge in [0, 0.05) is 18.1 Å². The number of hydrogen-bond donors (Lipinski definition) is 0. The molecule has 0 bridgehead atoms. The van der Waals surface area contributed by atoms with Crippen molar-refractivity contribution < 1.29 is 14.1 Å². The summed E-state index contributed by atoms with van der Waals surface area (Å²) in [4.78, 5) is 4.67. The third kappa shape index (κ3) is 3.28. The molecule has 1 atom stereocenters. The minimum absolute atomic E-state index is 0.355. The van der Waals surface area contributed by atoms with Crippen LogP contribution in [0.15, 0.2) is 41.3 Å². The molecular weight excluding hydrogens is 320 g/mol. The maximum absolute atomic E-state index is 5.67. The Morgan fingerprint density at radius 3 is 2.84 bits per heavy atom. The molecule has 4 rings (SSSR count). The fraction of sp³-hybridized carbons (Fsp3) is 0.389. The lowest BCUT2D eigenvalue weighted by Gasteiger charge is -2.15. The molecule has 2 aromatic heterocycles. The highest BCUT2D eigenvalue weighted by Crippen LogP contribution is 2.33. The predicted octanol–water partition coefficient (Wildman–Crippen LogP) is 2.82. The fourth-order valence-electron chi connectivity index (χ4n) is 3.16. The van der Waals surface area contributed by atoms with Crippen molar-refractivity contribution >= 4 is 0 Å². The SMILES string of the molecule is Cc1nonc1OCCn1cnc(-c2ccccc2)c1[C@H]1CCOC1. The Hall–Kier alpha value is -2.67. The summed E-state index contributed by atoms with van der Waals surface area (Å²) >= 11 is 0. The van der Waals surface area contributed by atoms with E-state index in [-0.39, 0.29) is 0 Å². The van der Waals surface area contributed by atoms with Gasteiger partial charge in [-0.15, -0.1) is 0 Å². The molecule has 0 saturated carbocycles. The first-order valence-corrected chi connectivity index (χ1v) is 8.43. The van der Waals surface area contributed by atoms with Crippen molar-refractivity contribution in [2.24, 2.45) is 0 Å². The standard InChI is InChI=1S/C18H20N4O3/c1-13-18(21-25-20-13)24-10-8-22-12-19-16(14-5-3-2-4-6-14)17(22)15-7-9-23-11-15/h2-6,12,15H,7-11H2,1H3/t15-/m0/s1. The summed E-state index contributed by atoms with van der Waals surface area (Å²) in [5.41, 5.74) is 4.01. The molecule has 1 aliphatic heterocycles. The summed E-state index contributed by atoms with van der Waals surface area (Å²) in [6.45, 7) is 4.49. The van der Waals surface area contributed by atoms with E-state index in [0.717, 1.165) is 30.9 Å². The second-order valence-electron chi connectivity index (χ2n) is 6.10. The summed E-state index contributed by atoms with van der Waals surface area (Å²) < 4.78 is 18.1. The largest absolute Gasteiger partial charge is 0.472 e. The van der Waals surface area contributed by atoms with Crippen LogP contribution in [-0.4, -0.2) is 39.7 Å². The molecule has 0 radical (unpaired) electrons. The lowest BCUT2D eigenvalue weighted by Crippen LogP contribution is -2.14. The van der Waals surface area contributed by atoms with Crippen molar-refractivity contribution in [3.05, 3.63) is 48.0 Å². The van der Waals surface area contributed by atoms with Crippen LogP contribution >= 0.6 is 0 Å². The molecule has 130 valence electrons. The van der Waals surface area contributed by atoms with Gasteiger partial charge in [-0.3, -0.25) is 0 Å². The Morgan fingerprint density at radius 1 is 1.24 bits per heavy atom. The zero-order valence-electron chi connectivity index (χ0n) is 14.1. The van der Waals surface area contributed by atoms with Gasteiger partial charge < -0.3 is 14.0 Å². The maximum Gasteiger partial charge on any atom is 0.278 e. The topological polar surface area (TPSA) is 75.2 Å². The van der Waals surface area contributed by atoms with Crippen LogP contribution in [0.5, 0.6) is 5.88 Å². The second-order valence-corrected chi connectivity index (χ2v) is 6.10. The lowest BCUT2D eigenvalue weighted by atomic mass is 9.99. The van der Waals surface area contributed by atoms with E-state index in [4.69, 9.17) is 9.47 Å². The Kier molecular flexibility index (Phi) is 4.47. The highest BCUT2D eigenvalue weighted by molar-refractivity contribution is 5.62. The van der Waals surface area contributed by atoms with Crippen molar-refractivity contribution in [2.75, 3.05) is 19.8 Å². The third-order valence-corrected chi connectivity index (χ3v) is 4.42. The summed E-state index contributed by atoms with van der Waals surface area (Å²) in [7, 11) is 0. The van der Waals surface area contributed by atoms with E-state index in [9.17, 15) is 0 Å². The molecule has 0 amide bonds. The average Bonchev–Trinajstić information content (AvgIpc) is 3.37. The minimum Gasteiger partial charge on any atom is -0.472 e. The van der Waals surface area contributed by atoms with E-state index in [1.165, 1.54) is 5.69 Å². The van der Waals surface area contributed by atoms with E-state index in [2.05, 4.69) is 36.6 Å². The summed E-state index contributed by atoms with van der Waals surface area (Å²) in [5, 5.41) is 7.47. The molecule has 7 nitrogen and oxygen atoms in total. The van der Waals surface area contributed by atoms with Crippen LogP contribution in [0.25, 0.3) is 11.3 Å². The van der Waals surface area contributed by atoms with E-state index < -0.39 is 0 Å². The van der Waals surface area contributed by atoms with Crippen LogP contribution in [0.2, 0.25) is 0 Å². The number of rotatable bonds is 6. The first-order valence-electron chi connectivity index (χ1n) is 8.43. The van der Waals surface area contributed by atoms with Crippen LogP contribution in [0.4, 0.5) is 0 Å². The average molecular weight is 340 g/mol. The molecule has 0 spiro atoms. The maximum atomic E-state index is 5.67. The van der Waals surface area contributed by atoms with E-state index in [1.807, 2.05) is 24.5 Å². The number of nitrogens with zero attached hydrogens (tertiary/aromatic N) is 4. The molecule has 3 heterocycles. The Labute approximate surface area is 145 Å². The zero-order chi connectivity index (χ0) is 17.1. The Bertz CT molecular complexity index is 822. The van der Waals surface area contributed by atoms with Gasteiger partial charge in [-0.05, 0) is 18.5 Å². The van der Waals surface area contributed by atoms with Gasteiger partial charge in [0.2, 0.25) is 0 Å². The molecule has 1 fully saturated rings. The van der Waals surface area contributed by atoms with Crippen molar-refractivity contribution in [1.82, 2.24) is 19.9 Å². The van der Waals surface area contributed by atoms with Crippen molar-refractivity contribution in [3.8, 4) is 17.1 Å². The summed E-state index contributed by atoms with van der Waals surface area (Å²) in [5.74, 6) is 0.794. The zero-order valence-corrected chi connectivity index (χ0v) is 14.1. The van der Waals surface area contributed by atoms with Gasteiger partial charge >= 0.3 is 0 Å². The Balaban J connectivity index is 1.56. The number of benzene rings is 1. The van der Waals surface area contributed by atoms with Crippen LogP contribution in [0, 0.1) is 6.92 Å². The first-order chi connectivity index (χ1) is 12.3. The van der Waals surface area contributed by atoms with Gasteiger partial charge in [0.05, 0.1) is 30.9 Å². The van der Waals surface area contributed by atoms with Gasteiger partial charge in [0.1, 0.15) is 12.3 Å². The molecule has 25 heavy (non-hydrogen) atoms. The number of aryl methyl sites for hydroxylation is 1. The van der Waals surface area contributed by atoms with Gasteiger partial charge in [0.25, 0.3) is 5.88 Å². The molecule has 0 aliphatic carbocycles. The van der Waals surface area contributed by atoms with Crippen LogP contribution in [0.3, 0.4) is 0 Å². The fourth-order valence-corrected chi connectivity index (χ4v) is 3.16. The predicted molar refractivity (Wildman–Crippen MR) is 90.4 cm³/mol. The van der Waals surface area contributed by atoms with Crippen molar-refractivity contribution in [1.29, 1.82) is 0 Å². The van der Waals surface area contributed by atoms with Crippen LogP contribution in [-0.2, 0) is 11.3 Å². The molecule has 1 saturated heterocycles. The number of hydrogen-bond acceptors (Lipinski definition) is 6. The number of ether oxygens (including phenoxy) is 2. The van der Waals surface area contributed by atoms with Gasteiger partial charge in [0.15, 0.2) is 0 Å². The van der Waals surface area contributed by atoms with Crippen molar-refractivity contribution in [2.45, 2.75) is 25.8 Å². The van der Waals surface area contributed by atoms with Gasteiger partial charge in [-0.2, -0.15) is 0 Å². The second kappa shape index (κ2) is 7.06. The van der Waals surface area contributed by atoms with Gasteiger partial charge in [-0.25, -0.2) is 9.61 Å². The third-order valence-electron chi connectivity index (χ3n) is 4.42. The molecule has 1 aromatic carbocycles. The highest BCUT2D eigenvalue weighted by atomic mass is 16.6. The van der Waals surface area contributed by atoms with E-state index in [0.29, 0.717) is 30.6 Å². The summed E-state index contributed by atoms with van der Waals surface area (Å²) in [6.07, 6.45) is 2.89. The highest BCUT2D eigenvalue weighted by Gasteiger charge is 2.25. The lowest BCUT2D eigenvalue weighted by molar-refractivity contribution is 0.192. The minimum atomic E-state index is 0.355. The molecule has 0 N–H and O–H groups in total. The van der Waals surface area contributed by atoms with Crippen molar-refractivity contribution in [3.63, 3.8) is 0 Å². The first kappa shape index (κ1) is 15.8. The Morgan fingerprint density at radius 2 is 2.12 bits per heavy atom. The number of imidazole rings is 1.